The van der Waals surface area contributed by atoms with E-state index in [9.17, 15) is 4.79 Å². The highest BCUT2D eigenvalue weighted by atomic mass is 79.9. The summed E-state index contributed by atoms with van der Waals surface area (Å²) in [5.41, 5.74) is 1.03. The molecule has 21 heavy (non-hydrogen) atoms. The van der Waals surface area contributed by atoms with Gasteiger partial charge < -0.3 is 15.4 Å². The fraction of sp³-hybridized carbons (Fsp3) is 0.467. The van der Waals surface area contributed by atoms with Gasteiger partial charge in [0.05, 0.1) is 17.0 Å². The molecule has 1 aliphatic rings. The highest BCUT2D eigenvalue weighted by molar-refractivity contribution is 9.10. The van der Waals surface area contributed by atoms with Gasteiger partial charge in [-0.1, -0.05) is 12.1 Å². The molecule has 2 N–H and O–H groups in total. The molecule has 0 aliphatic heterocycles. The van der Waals surface area contributed by atoms with Gasteiger partial charge in [0.1, 0.15) is 5.75 Å². The number of para-hydroxylation sites is 1. The van der Waals surface area contributed by atoms with E-state index in [1.165, 1.54) is 12.8 Å². The van der Waals surface area contributed by atoms with Crippen LogP contribution in [0.5, 0.6) is 5.75 Å². The molecule has 0 radical (unpaired) electrons. The lowest BCUT2D eigenvalue weighted by atomic mass is 10.2. The van der Waals surface area contributed by atoms with Crippen molar-refractivity contribution in [2.75, 3.05) is 13.2 Å². The van der Waals surface area contributed by atoms with Crippen molar-refractivity contribution in [3.8, 4) is 11.8 Å². The predicted octanol–water partition coefficient (Wildman–Crippen LogP) is 2.11. The summed E-state index contributed by atoms with van der Waals surface area (Å²) in [5, 5.41) is 14.5. The van der Waals surface area contributed by atoms with Gasteiger partial charge in [-0.2, -0.15) is 5.26 Å². The van der Waals surface area contributed by atoms with Crippen molar-refractivity contribution in [1.82, 2.24) is 10.6 Å². The Morgan fingerprint density at radius 2 is 2.29 bits per heavy atom. The van der Waals surface area contributed by atoms with E-state index in [0.29, 0.717) is 24.8 Å². The van der Waals surface area contributed by atoms with Crippen molar-refractivity contribution >= 4 is 21.8 Å². The smallest absolute Gasteiger partial charge is 0.257 e. The second-order valence-corrected chi connectivity index (χ2v) is 5.78. The second kappa shape index (κ2) is 8.01. The van der Waals surface area contributed by atoms with Crippen LogP contribution in [-0.2, 0) is 11.3 Å². The summed E-state index contributed by atoms with van der Waals surface area (Å²) in [7, 11) is 0. The van der Waals surface area contributed by atoms with Crippen LogP contribution in [0.15, 0.2) is 22.7 Å². The first kappa shape index (κ1) is 15.8. The maximum Gasteiger partial charge on any atom is 0.257 e. The Labute approximate surface area is 132 Å². The first-order valence-corrected chi connectivity index (χ1v) is 7.77. The number of halogens is 1. The van der Waals surface area contributed by atoms with Gasteiger partial charge in [0, 0.05) is 24.7 Å². The Balaban J connectivity index is 1.88. The van der Waals surface area contributed by atoms with E-state index in [1.807, 2.05) is 24.3 Å². The highest BCUT2D eigenvalue weighted by Gasteiger charge is 2.21. The largest absolute Gasteiger partial charge is 0.482 e. The minimum absolute atomic E-state index is 0.0511. The van der Waals surface area contributed by atoms with Crippen LogP contribution in [0.1, 0.15) is 24.8 Å². The molecule has 2 rings (SSSR count). The molecule has 1 aromatic carbocycles. The molecular weight excluding hydrogens is 334 g/mol. The number of benzene rings is 1. The van der Waals surface area contributed by atoms with E-state index in [1.54, 1.807) is 0 Å². The van der Waals surface area contributed by atoms with Gasteiger partial charge >= 0.3 is 0 Å². The summed E-state index contributed by atoms with van der Waals surface area (Å²) < 4.78 is 6.47. The monoisotopic (exact) mass is 351 g/mol. The van der Waals surface area contributed by atoms with E-state index < -0.39 is 0 Å². The Kier molecular flexibility index (Phi) is 6.03. The minimum Gasteiger partial charge on any atom is -0.482 e. The van der Waals surface area contributed by atoms with Crippen molar-refractivity contribution in [1.29, 1.82) is 5.26 Å². The number of nitrogens with one attached hydrogen (secondary N) is 2. The number of amides is 1. The van der Waals surface area contributed by atoms with Gasteiger partial charge in [-0.05, 0) is 34.8 Å². The van der Waals surface area contributed by atoms with Crippen LogP contribution < -0.4 is 15.4 Å². The van der Waals surface area contributed by atoms with E-state index in [-0.39, 0.29) is 12.5 Å². The van der Waals surface area contributed by atoms with Gasteiger partial charge in [0.15, 0.2) is 6.61 Å². The normalized spacial score (nSPS) is 13.5. The third kappa shape index (κ3) is 5.37. The Morgan fingerprint density at radius 1 is 1.48 bits per heavy atom. The average Bonchev–Trinajstić information content (AvgIpc) is 3.28. The first-order chi connectivity index (χ1) is 10.2. The van der Waals surface area contributed by atoms with E-state index in [0.717, 1.165) is 16.6 Å². The zero-order valence-electron chi connectivity index (χ0n) is 11.7. The summed E-state index contributed by atoms with van der Waals surface area (Å²) >= 11 is 3.46. The lowest BCUT2D eigenvalue weighted by molar-refractivity contribution is -0.123. The molecular formula is C15H18BrN3O2. The standard InChI is InChI=1S/C15H18BrN3O2/c16-13-4-1-3-11(9-19-12-5-6-12)15(13)21-10-14(20)18-8-2-7-17/h1,3-4,12,19H,2,5-6,8-10H2,(H,18,20). The molecule has 6 heteroatoms. The summed E-state index contributed by atoms with van der Waals surface area (Å²) in [5.74, 6) is 0.475. The first-order valence-electron chi connectivity index (χ1n) is 6.98. The summed E-state index contributed by atoms with van der Waals surface area (Å²) in [4.78, 5) is 11.6. The molecule has 112 valence electrons. The molecule has 1 aliphatic carbocycles. The number of nitriles is 1. The third-order valence-electron chi connectivity index (χ3n) is 3.11. The highest BCUT2D eigenvalue weighted by Crippen LogP contribution is 2.30. The molecule has 0 bridgehead atoms. The second-order valence-electron chi connectivity index (χ2n) is 4.93. The lowest BCUT2D eigenvalue weighted by Crippen LogP contribution is -2.29. The number of rotatable bonds is 8. The Morgan fingerprint density at radius 3 is 3.00 bits per heavy atom. The quantitative estimate of drug-likeness (QED) is 0.703. The number of hydrogen-bond acceptors (Lipinski definition) is 4. The van der Waals surface area contributed by atoms with Gasteiger partial charge in [0.2, 0.25) is 0 Å². The van der Waals surface area contributed by atoms with Crippen LogP contribution in [0.4, 0.5) is 0 Å². The molecule has 0 atom stereocenters. The SMILES string of the molecule is N#CCCNC(=O)COc1c(Br)cccc1CNC1CC1. The molecule has 1 fully saturated rings. The van der Waals surface area contributed by atoms with Crippen LogP contribution >= 0.6 is 15.9 Å². The van der Waals surface area contributed by atoms with Crippen LogP contribution in [0, 0.1) is 11.3 Å². The topological polar surface area (TPSA) is 74.2 Å². The van der Waals surface area contributed by atoms with E-state index >= 15 is 0 Å². The number of hydrogen-bond donors (Lipinski definition) is 2. The number of nitrogens with zero attached hydrogens (tertiary/aromatic N) is 1. The van der Waals surface area contributed by atoms with Crippen molar-refractivity contribution < 1.29 is 9.53 Å². The maximum atomic E-state index is 11.6. The van der Waals surface area contributed by atoms with Crippen LogP contribution in [0.2, 0.25) is 0 Å². The van der Waals surface area contributed by atoms with Crippen molar-refractivity contribution in [2.45, 2.75) is 31.8 Å². The van der Waals surface area contributed by atoms with Gasteiger partial charge in [-0.3, -0.25) is 4.79 Å². The van der Waals surface area contributed by atoms with Crippen molar-refractivity contribution in [3.05, 3.63) is 28.2 Å². The molecule has 0 heterocycles. The molecule has 0 spiro atoms. The van der Waals surface area contributed by atoms with Gasteiger partial charge in [-0.25, -0.2) is 0 Å². The fourth-order valence-corrected chi connectivity index (χ4v) is 2.36. The molecule has 0 aromatic heterocycles. The van der Waals surface area contributed by atoms with Crippen LogP contribution in [0.25, 0.3) is 0 Å². The minimum atomic E-state index is -0.220. The molecule has 1 amide bonds. The zero-order chi connectivity index (χ0) is 15.1. The maximum absolute atomic E-state index is 11.6. The molecule has 0 saturated heterocycles. The molecule has 1 saturated carbocycles. The number of ether oxygens (including phenoxy) is 1. The van der Waals surface area contributed by atoms with Crippen LogP contribution in [-0.4, -0.2) is 25.1 Å². The average molecular weight is 352 g/mol. The molecule has 5 nitrogen and oxygen atoms in total. The van der Waals surface area contributed by atoms with Crippen molar-refractivity contribution in [2.24, 2.45) is 0 Å². The summed E-state index contributed by atoms with van der Waals surface area (Å²) in [6, 6.07) is 8.43. The fourth-order valence-electron chi connectivity index (χ4n) is 1.84. The number of carbonyl (C=O) groups excluding carboxylic acids is 1. The van der Waals surface area contributed by atoms with E-state index in [4.69, 9.17) is 10.00 Å². The summed E-state index contributed by atoms with van der Waals surface area (Å²) in [6.45, 7) is 1.03. The molecule has 0 unspecified atom stereocenters. The van der Waals surface area contributed by atoms with Gasteiger partial charge in [-0.15, -0.1) is 0 Å². The Hall–Kier alpha value is -1.58. The lowest BCUT2D eigenvalue weighted by Gasteiger charge is -2.13. The van der Waals surface area contributed by atoms with Crippen molar-refractivity contribution in [3.63, 3.8) is 0 Å². The third-order valence-corrected chi connectivity index (χ3v) is 3.74. The number of carbonyl (C=O) groups is 1. The zero-order valence-corrected chi connectivity index (χ0v) is 13.3. The summed E-state index contributed by atoms with van der Waals surface area (Å²) in [6.07, 6.45) is 2.76. The van der Waals surface area contributed by atoms with Crippen LogP contribution in [0.3, 0.4) is 0 Å². The molecule has 1 aromatic rings. The van der Waals surface area contributed by atoms with Gasteiger partial charge in [0.25, 0.3) is 5.91 Å². The predicted molar refractivity (Wildman–Crippen MR) is 82.7 cm³/mol. The van der Waals surface area contributed by atoms with E-state index in [2.05, 4.69) is 26.6 Å². The Bertz CT molecular complexity index is 538.